The lowest BCUT2D eigenvalue weighted by Crippen LogP contribution is -2.35. The summed E-state index contributed by atoms with van der Waals surface area (Å²) in [6.45, 7) is 2.60. The molecule has 2 nitrogen and oxygen atoms in total. The van der Waals surface area contributed by atoms with Gasteiger partial charge >= 0.3 is 0 Å². The van der Waals surface area contributed by atoms with Gasteiger partial charge in [-0.1, -0.05) is 15.9 Å². The Balaban J connectivity index is 2.22. The molecular weight excluding hydrogens is 302 g/mol. The van der Waals surface area contributed by atoms with Crippen molar-refractivity contribution in [1.29, 1.82) is 0 Å². The minimum atomic E-state index is 0.109. The maximum Gasteiger partial charge on any atom is 0.254 e. The second-order valence-corrected chi connectivity index (χ2v) is 5.67. The molecule has 1 aliphatic carbocycles. The Morgan fingerprint density at radius 2 is 2.24 bits per heavy atom. The molecule has 0 N–H and O–H groups in total. The highest BCUT2D eigenvalue weighted by Gasteiger charge is 2.32. The number of amides is 1. The Bertz CT molecular complexity index is 431. The summed E-state index contributed by atoms with van der Waals surface area (Å²) in [4.78, 5) is 14.3. The maximum absolute atomic E-state index is 12.4. The van der Waals surface area contributed by atoms with Crippen molar-refractivity contribution in [3.63, 3.8) is 0 Å². The summed E-state index contributed by atoms with van der Waals surface area (Å²) in [5, 5.41) is 0. The predicted molar refractivity (Wildman–Crippen MR) is 73.7 cm³/mol. The van der Waals surface area contributed by atoms with Crippen molar-refractivity contribution in [3.05, 3.63) is 33.8 Å². The molecule has 0 aromatic heterocycles. The first-order valence-electron chi connectivity index (χ1n) is 5.76. The van der Waals surface area contributed by atoms with Crippen LogP contribution in [-0.2, 0) is 0 Å². The second-order valence-electron chi connectivity index (χ2n) is 4.38. The van der Waals surface area contributed by atoms with Crippen molar-refractivity contribution in [2.24, 2.45) is 0 Å². The zero-order valence-corrected chi connectivity index (χ0v) is 12.1. The minimum absolute atomic E-state index is 0.109. The summed E-state index contributed by atoms with van der Waals surface area (Å²) >= 11 is 9.17. The zero-order valence-electron chi connectivity index (χ0n) is 9.75. The van der Waals surface area contributed by atoms with Crippen LogP contribution >= 0.6 is 27.5 Å². The maximum atomic E-state index is 12.4. The van der Waals surface area contributed by atoms with Gasteiger partial charge in [0.05, 0.1) is 0 Å². The van der Waals surface area contributed by atoms with E-state index in [2.05, 4.69) is 15.9 Å². The third-order valence-corrected chi connectivity index (χ3v) is 3.66. The van der Waals surface area contributed by atoms with E-state index < -0.39 is 0 Å². The van der Waals surface area contributed by atoms with Gasteiger partial charge in [0.2, 0.25) is 0 Å². The van der Waals surface area contributed by atoms with Gasteiger partial charge in [0.15, 0.2) is 0 Å². The predicted octanol–water partition coefficient (Wildman–Crippen LogP) is 3.60. The summed E-state index contributed by atoms with van der Waals surface area (Å²) in [6.07, 6.45) is 2.22. The number of alkyl halides is 1. The van der Waals surface area contributed by atoms with Crippen LogP contribution in [0.15, 0.2) is 22.7 Å². The third kappa shape index (κ3) is 3.02. The summed E-state index contributed by atoms with van der Waals surface area (Å²) < 4.78 is 1.00. The van der Waals surface area contributed by atoms with Crippen molar-refractivity contribution >= 4 is 33.4 Å². The molecule has 1 aliphatic rings. The van der Waals surface area contributed by atoms with Crippen LogP contribution in [0.5, 0.6) is 0 Å². The molecule has 0 aliphatic heterocycles. The van der Waals surface area contributed by atoms with Crippen LogP contribution in [0.2, 0.25) is 0 Å². The molecule has 0 atom stereocenters. The molecule has 17 heavy (non-hydrogen) atoms. The first-order chi connectivity index (χ1) is 8.13. The molecular formula is C13H15BrClNO. The highest BCUT2D eigenvalue weighted by molar-refractivity contribution is 9.10. The number of aryl methyl sites for hydroxylation is 1. The second kappa shape index (κ2) is 5.40. The molecule has 0 saturated heterocycles. The smallest absolute Gasteiger partial charge is 0.254 e. The summed E-state index contributed by atoms with van der Waals surface area (Å²) in [7, 11) is 0. The average Bonchev–Trinajstić information content (AvgIpc) is 3.09. The van der Waals surface area contributed by atoms with E-state index in [9.17, 15) is 4.79 Å². The molecule has 2 rings (SSSR count). The van der Waals surface area contributed by atoms with Crippen molar-refractivity contribution in [3.8, 4) is 0 Å². The number of benzene rings is 1. The molecule has 1 fully saturated rings. The van der Waals surface area contributed by atoms with Gasteiger partial charge in [-0.15, -0.1) is 11.6 Å². The Hall–Kier alpha value is -0.540. The van der Waals surface area contributed by atoms with Crippen LogP contribution in [-0.4, -0.2) is 29.3 Å². The van der Waals surface area contributed by atoms with Crippen molar-refractivity contribution in [2.75, 3.05) is 12.4 Å². The van der Waals surface area contributed by atoms with E-state index in [0.29, 0.717) is 18.5 Å². The van der Waals surface area contributed by atoms with Gasteiger partial charge in [-0.3, -0.25) is 4.79 Å². The molecule has 1 aromatic carbocycles. The van der Waals surface area contributed by atoms with Gasteiger partial charge < -0.3 is 4.90 Å². The van der Waals surface area contributed by atoms with Crippen LogP contribution in [0.4, 0.5) is 0 Å². The number of rotatable bonds is 4. The van der Waals surface area contributed by atoms with Crippen molar-refractivity contribution < 1.29 is 4.79 Å². The fraction of sp³-hybridized carbons (Fsp3) is 0.462. The number of hydrogen-bond donors (Lipinski definition) is 0. The van der Waals surface area contributed by atoms with Gasteiger partial charge in [-0.05, 0) is 43.5 Å². The van der Waals surface area contributed by atoms with Gasteiger partial charge in [-0.2, -0.15) is 0 Å². The fourth-order valence-corrected chi connectivity index (χ4v) is 2.61. The molecule has 0 heterocycles. The van der Waals surface area contributed by atoms with Crippen molar-refractivity contribution in [2.45, 2.75) is 25.8 Å². The van der Waals surface area contributed by atoms with Crippen LogP contribution in [0.25, 0.3) is 0 Å². The molecule has 1 aromatic rings. The Morgan fingerprint density at radius 3 is 2.76 bits per heavy atom. The Labute approximate surface area is 115 Å². The lowest BCUT2D eigenvalue weighted by Gasteiger charge is -2.22. The highest BCUT2D eigenvalue weighted by atomic mass is 79.9. The van der Waals surface area contributed by atoms with E-state index in [1.165, 1.54) is 0 Å². The summed E-state index contributed by atoms with van der Waals surface area (Å²) in [5.74, 6) is 0.607. The number of halogens is 2. The standard InChI is InChI=1S/C13H15BrClNO/c1-9-8-10(14)2-5-12(9)13(17)16(7-6-15)11-3-4-11/h2,5,8,11H,3-4,6-7H2,1H3. The Morgan fingerprint density at radius 1 is 1.53 bits per heavy atom. The van der Waals surface area contributed by atoms with E-state index in [-0.39, 0.29) is 5.91 Å². The first kappa shape index (κ1) is 12.9. The van der Waals surface area contributed by atoms with E-state index in [1.54, 1.807) is 0 Å². The van der Waals surface area contributed by atoms with Crippen LogP contribution in [0.3, 0.4) is 0 Å². The van der Waals surface area contributed by atoms with Gasteiger partial charge in [0, 0.05) is 28.5 Å². The number of nitrogens with zero attached hydrogens (tertiary/aromatic N) is 1. The van der Waals surface area contributed by atoms with E-state index in [1.807, 2.05) is 30.0 Å². The van der Waals surface area contributed by atoms with E-state index in [4.69, 9.17) is 11.6 Å². The van der Waals surface area contributed by atoms with E-state index in [0.717, 1.165) is 28.4 Å². The van der Waals surface area contributed by atoms with Crippen molar-refractivity contribution in [1.82, 2.24) is 4.90 Å². The SMILES string of the molecule is Cc1cc(Br)ccc1C(=O)N(CCCl)C1CC1. The Kier molecular flexibility index (Phi) is 4.10. The molecule has 92 valence electrons. The minimum Gasteiger partial charge on any atom is -0.334 e. The molecule has 0 unspecified atom stereocenters. The fourth-order valence-electron chi connectivity index (χ4n) is 1.95. The average molecular weight is 317 g/mol. The number of carbonyl (C=O) groups excluding carboxylic acids is 1. The summed E-state index contributed by atoms with van der Waals surface area (Å²) in [6, 6.07) is 6.17. The number of hydrogen-bond acceptors (Lipinski definition) is 1. The molecule has 1 saturated carbocycles. The largest absolute Gasteiger partial charge is 0.334 e. The lowest BCUT2D eigenvalue weighted by atomic mass is 10.1. The van der Waals surface area contributed by atoms with Gasteiger partial charge in [0.1, 0.15) is 0 Å². The van der Waals surface area contributed by atoms with Crippen LogP contribution in [0, 0.1) is 6.92 Å². The quantitative estimate of drug-likeness (QED) is 0.777. The first-order valence-corrected chi connectivity index (χ1v) is 7.09. The van der Waals surface area contributed by atoms with Gasteiger partial charge in [0.25, 0.3) is 5.91 Å². The molecule has 4 heteroatoms. The molecule has 0 radical (unpaired) electrons. The topological polar surface area (TPSA) is 20.3 Å². The molecule has 0 bridgehead atoms. The highest BCUT2D eigenvalue weighted by Crippen LogP contribution is 2.29. The third-order valence-electron chi connectivity index (χ3n) is 2.99. The normalized spacial score (nSPS) is 14.8. The monoisotopic (exact) mass is 315 g/mol. The van der Waals surface area contributed by atoms with Crippen LogP contribution < -0.4 is 0 Å². The van der Waals surface area contributed by atoms with Gasteiger partial charge in [-0.25, -0.2) is 0 Å². The molecule has 0 spiro atoms. The lowest BCUT2D eigenvalue weighted by molar-refractivity contribution is 0.0753. The zero-order chi connectivity index (χ0) is 12.4. The van der Waals surface area contributed by atoms with Crippen LogP contribution in [0.1, 0.15) is 28.8 Å². The van der Waals surface area contributed by atoms with E-state index >= 15 is 0 Å². The number of carbonyl (C=O) groups is 1. The summed E-state index contributed by atoms with van der Waals surface area (Å²) in [5.41, 5.74) is 1.79. The molecule has 1 amide bonds.